The molecule has 1 aromatic heterocycles. The number of aliphatic hydroxyl groups excluding tert-OH is 1. The molecular formula is C18H23N3O3. The number of hydrogen-bond acceptors (Lipinski definition) is 5. The molecule has 6 nitrogen and oxygen atoms in total. The summed E-state index contributed by atoms with van der Waals surface area (Å²) in [6.07, 6.45) is 2.77. The molecule has 0 saturated heterocycles. The summed E-state index contributed by atoms with van der Waals surface area (Å²) in [6.45, 7) is 1.47. The molecule has 1 aromatic carbocycles. The number of carbonyl (C=O) groups is 1. The van der Waals surface area contributed by atoms with Gasteiger partial charge in [-0.2, -0.15) is 0 Å². The predicted molar refractivity (Wildman–Crippen MR) is 94.0 cm³/mol. The summed E-state index contributed by atoms with van der Waals surface area (Å²) in [7, 11) is 0. The molecule has 2 rings (SSSR count). The van der Waals surface area contributed by atoms with E-state index in [1.807, 2.05) is 36.4 Å². The maximum Gasteiger partial charge on any atom is 0.224 e. The molecule has 1 heterocycles. The minimum absolute atomic E-state index is 0.0247. The number of nitrogens with zero attached hydrogens (tertiary/aromatic N) is 1. The molecule has 2 aromatic rings. The third kappa shape index (κ3) is 6.76. The fourth-order valence-corrected chi connectivity index (χ4v) is 2.12. The van der Waals surface area contributed by atoms with Crippen molar-refractivity contribution in [1.29, 1.82) is 0 Å². The largest absolute Gasteiger partial charge is 0.394 e. The van der Waals surface area contributed by atoms with E-state index in [2.05, 4.69) is 15.6 Å². The summed E-state index contributed by atoms with van der Waals surface area (Å²) in [4.78, 5) is 16.2. The maximum atomic E-state index is 12.0. The summed E-state index contributed by atoms with van der Waals surface area (Å²) in [5, 5.41) is 14.5. The second kappa shape index (κ2) is 10.4. The molecule has 0 aliphatic heterocycles. The van der Waals surface area contributed by atoms with Crippen molar-refractivity contribution in [3.05, 3.63) is 54.2 Å². The monoisotopic (exact) mass is 329 g/mol. The number of amides is 1. The van der Waals surface area contributed by atoms with E-state index < -0.39 is 0 Å². The number of nitrogens with one attached hydrogen (secondary N) is 2. The SMILES string of the molecule is O=C(CCc1ccccc1)Nc1ccc(NCCOCCO)nc1. The number of rotatable bonds is 10. The van der Waals surface area contributed by atoms with Crippen LogP contribution in [0.4, 0.5) is 11.5 Å². The first-order valence-corrected chi connectivity index (χ1v) is 8.00. The lowest BCUT2D eigenvalue weighted by Gasteiger charge is -2.08. The Balaban J connectivity index is 1.69. The second-order valence-corrected chi connectivity index (χ2v) is 5.23. The van der Waals surface area contributed by atoms with Crippen LogP contribution in [0, 0.1) is 0 Å². The molecule has 0 atom stereocenters. The van der Waals surface area contributed by atoms with Crippen molar-refractivity contribution in [2.75, 3.05) is 37.0 Å². The number of benzene rings is 1. The van der Waals surface area contributed by atoms with Gasteiger partial charge >= 0.3 is 0 Å². The van der Waals surface area contributed by atoms with Crippen LogP contribution in [0.25, 0.3) is 0 Å². The summed E-state index contributed by atoms with van der Waals surface area (Å²) in [5.74, 6) is 0.684. The standard InChI is InChI=1S/C18H23N3O3/c22-11-13-24-12-10-19-17-8-7-16(14-20-17)21-18(23)9-6-15-4-2-1-3-5-15/h1-5,7-8,14,22H,6,9-13H2,(H,19,20)(H,21,23). The molecule has 1 amide bonds. The number of aryl methyl sites for hydroxylation is 1. The average molecular weight is 329 g/mol. The Morgan fingerprint density at radius 3 is 2.67 bits per heavy atom. The minimum atomic E-state index is -0.0289. The number of ether oxygens (including phenoxy) is 1. The molecule has 24 heavy (non-hydrogen) atoms. The van der Waals surface area contributed by atoms with Gasteiger partial charge < -0.3 is 20.5 Å². The van der Waals surface area contributed by atoms with Crippen LogP contribution in [0.5, 0.6) is 0 Å². The lowest BCUT2D eigenvalue weighted by molar-refractivity contribution is -0.116. The Labute approximate surface area is 141 Å². The summed E-state index contributed by atoms with van der Waals surface area (Å²) in [5.41, 5.74) is 1.82. The van der Waals surface area contributed by atoms with Crippen LogP contribution in [0.1, 0.15) is 12.0 Å². The highest BCUT2D eigenvalue weighted by Gasteiger charge is 2.04. The van der Waals surface area contributed by atoms with E-state index in [-0.39, 0.29) is 12.5 Å². The zero-order valence-corrected chi connectivity index (χ0v) is 13.6. The van der Waals surface area contributed by atoms with Gasteiger partial charge in [0, 0.05) is 13.0 Å². The number of aliphatic hydroxyl groups is 1. The van der Waals surface area contributed by atoms with E-state index in [1.54, 1.807) is 12.3 Å². The quantitative estimate of drug-likeness (QED) is 0.581. The van der Waals surface area contributed by atoms with Crippen molar-refractivity contribution in [3.8, 4) is 0 Å². The lowest BCUT2D eigenvalue weighted by Crippen LogP contribution is -2.14. The van der Waals surface area contributed by atoms with Gasteiger partial charge in [0.05, 0.1) is 31.7 Å². The van der Waals surface area contributed by atoms with Crippen molar-refractivity contribution in [2.45, 2.75) is 12.8 Å². The van der Waals surface area contributed by atoms with Gasteiger partial charge in [-0.05, 0) is 24.1 Å². The molecule has 0 saturated carbocycles. The van der Waals surface area contributed by atoms with Crippen LogP contribution in [0.2, 0.25) is 0 Å². The summed E-state index contributed by atoms with van der Waals surface area (Å²) in [6, 6.07) is 13.5. The maximum absolute atomic E-state index is 12.0. The highest BCUT2D eigenvalue weighted by molar-refractivity contribution is 5.90. The zero-order chi connectivity index (χ0) is 17.0. The number of hydrogen-bond donors (Lipinski definition) is 3. The van der Waals surface area contributed by atoms with Gasteiger partial charge in [-0.15, -0.1) is 0 Å². The smallest absolute Gasteiger partial charge is 0.224 e. The Morgan fingerprint density at radius 1 is 1.12 bits per heavy atom. The molecule has 3 N–H and O–H groups in total. The molecule has 0 spiro atoms. The molecular weight excluding hydrogens is 306 g/mol. The predicted octanol–water partition coefficient (Wildman–Crippen LogP) is 2.07. The van der Waals surface area contributed by atoms with Crippen molar-refractivity contribution in [2.24, 2.45) is 0 Å². The van der Waals surface area contributed by atoms with E-state index in [1.165, 1.54) is 0 Å². The molecule has 0 radical (unpaired) electrons. The van der Waals surface area contributed by atoms with Crippen LogP contribution in [-0.4, -0.2) is 42.4 Å². The molecule has 6 heteroatoms. The molecule has 128 valence electrons. The van der Waals surface area contributed by atoms with Crippen molar-refractivity contribution < 1.29 is 14.6 Å². The van der Waals surface area contributed by atoms with Crippen LogP contribution in [0.3, 0.4) is 0 Å². The van der Waals surface area contributed by atoms with Gasteiger partial charge in [0.25, 0.3) is 0 Å². The van der Waals surface area contributed by atoms with Gasteiger partial charge in [-0.25, -0.2) is 4.98 Å². The van der Waals surface area contributed by atoms with Crippen LogP contribution >= 0.6 is 0 Å². The fourth-order valence-electron chi connectivity index (χ4n) is 2.12. The van der Waals surface area contributed by atoms with E-state index in [9.17, 15) is 4.79 Å². The number of carbonyl (C=O) groups excluding carboxylic acids is 1. The first-order valence-electron chi connectivity index (χ1n) is 8.00. The van der Waals surface area contributed by atoms with Crippen LogP contribution in [0.15, 0.2) is 48.7 Å². The Morgan fingerprint density at radius 2 is 1.96 bits per heavy atom. The molecule has 0 bridgehead atoms. The van der Waals surface area contributed by atoms with E-state index in [0.29, 0.717) is 44.1 Å². The van der Waals surface area contributed by atoms with Crippen LogP contribution in [-0.2, 0) is 16.0 Å². The molecule has 0 fully saturated rings. The first kappa shape index (κ1) is 17.9. The topological polar surface area (TPSA) is 83.5 Å². The third-order valence-corrected chi connectivity index (χ3v) is 3.32. The number of aromatic nitrogens is 1. The van der Waals surface area contributed by atoms with Gasteiger partial charge in [-0.3, -0.25) is 4.79 Å². The Kier molecular flexibility index (Phi) is 7.73. The fraction of sp³-hybridized carbons (Fsp3) is 0.333. The van der Waals surface area contributed by atoms with Gasteiger partial charge in [0.15, 0.2) is 0 Å². The van der Waals surface area contributed by atoms with Gasteiger partial charge in [0.2, 0.25) is 5.91 Å². The molecule has 0 aliphatic rings. The van der Waals surface area contributed by atoms with Gasteiger partial charge in [-0.1, -0.05) is 30.3 Å². The number of pyridine rings is 1. The number of anilines is 2. The zero-order valence-electron chi connectivity index (χ0n) is 13.6. The average Bonchev–Trinajstić information content (AvgIpc) is 2.62. The van der Waals surface area contributed by atoms with Crippen molar-refractivity contribution in [3.63, 3.8) is 0 Å². The van der Waals surface area contributed by atoms with Crippen molar-refractivity contribution in [1.82, 2.24) is 4.98 Å². The van der Waals surface area contributed by atoms with E-state index in [0.717, 1.165) is 5.56 Å². The third-order valence-electron chi connectivity index (χ3n) is 3.32. The highest BCUT2D eigenvalue weighted by atomic mass is 16.5. The van der Waals surface area contributed by atoms with E-state index in [4.69, 9.17) is 9.84 Å². The summed E-state index contributed by atoms with van der Waals surface area (Å²) < 4.78 is 5.15. The normalized spacial score (nSPS) is 10.4. The van der Waals surface area contributed by atoms with E-state index >= 15 is 0 Å². The van der Waals surface area contributed by atoms with Gasteiger partial charge in [0.1, 0.15) is 5.82 Å². The summed E-state index contributed by atoms with van der Waals surface area (Å²) >= 11 is 0. The highest BCUT2D eigenvalue weighted by Crippen LogP contribution is 2.10. The first-order chi connectivity index (χ1) is 11.8. The Bertz CT molecular complexity index is 603. The minimum Gasteiger partial charge on any atom is -0.394 e. The molecule has 0 unspecified atom stereocenters. The van der Waals surface area contributed by atoms with Crippen molar-refractivity contribution >= 4 is 17.4 Å². The lowest BCUT2D eigenvalue weighted by atomic mass is 10.1. The Hall–Kier alpha value is -2.44. The van der Waals surface area contributed by atoms with Crippen LogP contribution < -0.4 is 10.6 Å². The molecule has 0 aliphatic carbocycles. The second-order valence-electron chi connectivity index (χ2n) is 5.23.